The number of carbonyl (C=O) groups is 1. The second kappa shape index (κ2) is 5.01. The maximum Gasteiger partial charge on any atom is 0.251 e. The van der Waals surface area contributed by atoms with Crippen LogP contribution in [0.3, 0.4) is 0 Å². The molecule has 4 nitrogen and oxygen atoms in total. The molecular weight excluding hydrogens is 266 g/mol. The van der Waals surface area contributed by atoms with E-state index in [4.69, 9.17) is 4.74 Å². The van der Waals surface area contributed by atoms with Crippen molar-refractivity contribution in [1.82, 2.24) is 5.32 Å². The lowest BCUT2D eigenvalue weighted by Gasteiger charge is -2.20. The standard InChI is InChI=1S/C14H16F2N2O2/c1-17-13-9(15)4-7(5-10(13)16)14(19)18-11-6-8-2-3-12(11)20-8/h4-5,8,11-12,17H,2-3,6H2,1H3,(H,18,19). The normalized spacial score (nSPS) is 27.6. The molecule has 6 heteroatoms. The smallest absolute Gasteiger partial charge is 0.251 e. The van der Waals surface area contributed by atoms with Gasteiger partial charge in [0.2, 0.25) is 0 Å². The minimum atomic E-state index is -0.776. The van der Waals surface area contributed by atoms with Gasteiger partial charge in [-0.25, -0.2) is 8.78 Å². The molecule has 2 N–H and O–H groups in total. The zero-order chi connectivity index (χ0) is 14.3. The fourth-order valence-electron chi connectivity index (χ4n) is 2.98. The minimum Gasteiger partial charge on any atom is -0.383 e. The third-order valence-electron chi connectivity index (χ3n) is 3.98. The van der Waals surface area contributed by atoms with Crippen molar-refractivity contribution >= 4 is 11.6 Å². The third-order valence-corrected chi connectivity index (χ3v) is 3.98. The van der Waals surface area contributed by atoms with Gasteiger partial charge in [0, 0.05) is 12.6 Å². The highest BCUT2D eigenvalue weighted by Gasteiger charge is 2.41. The molecular formula is C14H16F2N2O2. The van der Waals surface area contributed by atoms with Crippen LogP contribution in [0.5, 0.6) is 0 Å². The summed E-state index contributed by atoms with van der Waals surface area (Å²) in [5, 5.41) is 5.22. The summed E-state index contributed by atoms with van der Waals surface area (Å²) < 4.78 is 32.9. The number of anilines is 1. The van der Waals surface area contributed by atoms with Gasteiger partial charge >= 0.3 is 0 Å². The first-order chi connectivity index (χ1) is 9.58. The van der Waals surface area contributed by atoms with E-state index in [1.807, 2.05) is 0 Å². The van der Waals surface area contributed by atoms with Crippen LogP contribution in [0.25, 0.3) is 0 Å². The molecule has 2 aliphatic heterocycles. The van der Waals surface area contributed by atoms with Crippen LogP contribution in [0.15, 0.2) is 12.1 Å². The Morgan fingerprint density at radius 1 is 1.30 bits per heavy atom. The Morgan fingerprint density at radius 3 is 2.50 bits per heavy atom. The van der Waals surface area contributed by atoms with Gasteiger partial charge in [-0.15, -0.1) is 0 Å². The van der Waals surface area contributed by atoms with E-state index >= 15 is 0 Å². The number of carbonyl (C=O) groups excluding carboxylic acids is 1. The zero-order valence-electron chi connectivity index (χ0n) is 11.1. The second-order valence-corrected chi connectivity index (χ2v) is 5.25. The van der Waals surface area contributed by atoms with Crippen molar-refractivity contribution in [2.75, 3.05) is 12.4 Å². The number of ether oxygens (including phenoxy) is 1. The topological polar surface area (TPSA) is 50.4 Å². The van der Waals surface area contributed by atoms with E-state index < -0.39 is 17.5 Å². The SMILES string of the molecule is CNc1c(F)cc(C(=O)NC2CC3CCC2O3)cc1F. The lowest BCUT2D eigenvalue weighted by Crippen LogP contribution is -2.41. The summed E-state index contributed by atoms with van der Waals surface area (Å²) in [6.45, 7) is 0. The Hall–Kier alpha value is -1.69. The molecule has 0 radical (unpaired) electrons. The van der Waals surface area contributed by atoms with E-state index in [0.29, 0.717) is 0 Å². The Bertz CT molecular complexity index is 527. The van der Waals surface area contributed by atoms with Crippen molar-refractivity contribution < 1.29 is 18.3 Å². The van der Waals surface area contributed by atoms with Gasteiger partial charge in [0.25, 0.3) is 5.91 Å². The Labute approximate surface area is 115 Å². The number of amides is 1. The molecule has 1 aromatic carbocycles. The second-order valence-electron chi connectivity index (χ2n) is 5.25. The molecule has 2 heterocycles. The van der Waals surface area contributed by atoms with Crippen molar-refractivity contribution in [3.63, 3.8) is 0 Å². The van der Waals surface area contributed by atoms with Crippen molar-refractivity contribution in [3.8, 4) is 0 Å². The summed E-state index contributed by atoms with van der Waals surface area (Å²) >= 11 is 0. The van der Waals surface area contributed by atoms with Crippen molar-refractivity contribution in [2.45, 2.75) is 37.5 Å². The molecule has 1 amide bonds. The Morgan fingerprint density at radius 2 is 2.00 bits per heavy atom. The number of benzene rings is 1. The number of nitrogens with one attached hydrogen (secondary N) is 2. The lowest BCUT2D eigenvalue weighted by atomic mass is 9.95. The zero-order valence-corrected chi connectivity index (χ0v) is 11.1. The van der Waals surface area contributed by atoms with E-state index in [2.05, 4.69) is 10.6 Å². The molecule has 3 atom stereocenters. The Balaban J connectivity index is 1.74. The Kier molecular flexibility index (Phi) is 3.33. The van der Waals surface area contributed by atoms with Crippen molar-refractivity contribution in [1.29, 1.82) is 0 Å². The van der Waals surface area contributed by atoms with Crippen LogP contribution in [0.1, 0.15) is 29.6 Å². The monoisotopic (exact) mass is 282 g/mol. The minimum absolute atomic E-state index is 0.0122. The highest BCUT2D eigenvalue weighted by molar-refractivity contribution is 5.95. The van der Waals surface area contributed by atoms with Crippen molar-refractivity contribution in [3.05, 3.63) is 29.3 Å². The largest absolute Gasteiger partial charge is 0.383 e. The first-order valence-corrected chi connectivity index (χ1v) is 6.71. The predicted octanol–water partition coefficient (Wildman–Crippen LogP) is 2.06. The maximum atomic E-state index is 13.6. The first kappa shape index (κ1) is 13.3. The molecule has 0 saturated carbocycles. The molecule has 0 aromatic heterocycles. The molecule has 1 aromatic rings. The van der Waals surface area contributed by atoms with E-state index in [9.17, 15) is 13.6 Å². The van der Waals surface area contributed by atoms with Gasteiger partial charge < -0.3 is 15.4 Å². The van der Waals surface area contributed by atoms with Crippen LogP contribution in [-0.4, -0.2) is 31.2 Å². The van der Waals surface area contributed by atoms with Gasteiger partial charge in [0.15, 0.2) is 0 Å². The number of fused-ring (bicyclic) bond motifs is 2. The number of rotatable bonds is 3. The number of halogens is 2. The van der Waals surface area contributed by atoms with Crippen LogP contribution in [0.4, 0.5) is 14.5 Å². The molecule has 2 fully saturated rings. The van der Waals surface area contributed by atoms with Gasteiger partial charge in [0.1, 0.15) is 17.3 Å². The van der Waals surface area contributed by atoms with Crippen LogP contribution >= 0.6 is 0 Å². The van der Waals surface area contributed by atoms with E-state index in [1.165, 1.54) is 7.05 Å². The quantitative estimate of drug-likeness (QED) is 0.892. The van der Waals surface area contributed by atoms with Crippen LogP contribution in [0.2, 0.25) is 0 Å². The lowest BCUT2D eigenvalue weighted by molar-refractivity contribution is 0.0840. The molecule has 2 bridgehead atoms. The highest BCUT2D eigenvalue weighted by atomic mass is 19.1. The summed E-state index contributed by atoms with van der Waals surface area (Å²) in [5.41, 5.74) is -0.244. The van der Waals surface area contributed by atoms with Crippen LogP contribution < -0.4 is 10.6 Å². The van der Waals surface area contributed by atoms with Crippen LogP contribution in [-0.2, 0) is 4.74 Å². The summed E-state index contributed by atoms with van der Waals surface area (Å²) in [7, 11) is 1.42. The average Bonchev–Trinajstić information content (AvgIpc) is 3.00. The first-order valence-electron chi connectivity index (χ1n) is 6.71. The fraction of sp³-hybridized carbons (Fsp3) is 0.500. The molecule has 20 heavy (non-hydrogen) atoms. The number of hydrogen-bond acceptors (Lipinski definition) is 3. The molecule has 0 aliphatic carbocycles. The third kappa shape index (κ3) is 2.24. The molecule has 108 valence electrons. The highest BCUT2D eigenvalue weighted by Crippen LogP contribution is 2.34. The maximum absolute atomic E-state index is 13.6. The molecule has 2 aliphatic rings. The fourth-order valence-corrected chi connectivity index (χ4v) is 2.98. The molecule has 3 unspecified atom stereocenters. The van der Waals surface area contributed by atoms with Crippen molar-refractivity contribution in [2.24, 2.45) is 0 Å². The van der Waals surface area contributed by atoms with Crippen LogP contribution in [0, 0.1) is 11.6 Å². The predicted molar refractivity (Wildman–Crippen MR) is 69.7 cm³/mol. The summed E-state index contributed by atoms with van der Waals surface area (Å²) in [6.07, 6.45) is 2.98. The number of hydrogen-bond donors (Lipinski definition) is 2. The van der Waals surface area contributed by atoms with Gasteiger partial charge in [0.05, 0.1) is 18.2 Å². The molecule has 2 saturated heterocycles. The molecule has 0 spiro atoms. The van der Waals surface area contributed by atoms with Gasteiger partial charge in [-0.05, 0) is 31.4 Å². The van der Waals surface area contributed by atoms with Gasteiger partial charge in [-0.3, -0.25) is 4.79 Å². The van der Waals surface area contributed by atoms with E-state index in [-0.39, 0.29) is 29.5 Å². The summed E-state index contributed by atoms with van der Waals surface area (Å²) in [6, 6.07) is 2.02. The molecule has 3 rings (SSSR count). The van der Waals surface area contributed by atoms with Gasteiger partial charge in [-0.1, -0.05) is 0 Å². The van der Waals surface area contributed by atoms with E-state index in [0.717, 1.165) is 31.4 Å². The van der Waals surface area contributed by atoms with Gasteiger partial charge in [-0.2, -0.15) is 0 Å². The summed E-state index contributed by atoms with van der Waals surface area (Å²) in [5.74, 6) is -2.02. The van der Waals surface area contributed by atoms with E-state index in [1.54, 1.807) is 0 Å². The summed E-state index contributed by atoms with van der Waals surface area (Å²) in [4.78, 5) is 12.1. The average molecular weight is 282 g/mol.